The first-order valence-electron chi connectivity index (χ1n) is 5.45. The molecule has 4 heteroatoms. The number of hydrogen-bond acceptors (Lipinski definition) is 4. The van der Waals surface area contributed by atoms with E-state index in [1.54, 1.807) is 0 Å². The fraction of sp³-hybridized carbons (Fsp3) is 0.667. The zero-order valence-electron chi connectivity index (χ0n) is 9.62. The minimum atomic E-state index is -0.677. The summed E-state index contributed by atoms with van der Waals surface area (Å²) in [5, 5.41) is 0. The van der Waals surface area contributed by atoms with Crippen LogP contribution in [0, 0.1) is 10.8 Å². The molecule has 0 aliphatic heterocycles. The van der Waals surface area contributed by atoms with E-state index in [-0.39, 0.29) is 11.9 Å². The van der Waals surface area contributed by atoms with Gasteiger partial charge in [0.15, 0.2) is 0 Å². The quantitative estimate of drug-likeness (QED) is 0.526. The molecule has 0 heterocycles. The van der Waals surface area contributed by atoms with Crippen molar-refractivity contribution in [1.29, 1.82) is 0 Å². The molecule has 0 aromatic rings. The Labute approximate surface area is 94.6 Å². The lowest BCUT2D eigenvalue weighted by Crippen LogP contribution is -2.61. The molecule has 2 aliphatic rings. The largest absolute Gasteiger partial charge is 0.469 e. The highest BCUT2D eigenvalue weighted by Crippen LogP contribution is 2.64. The zero-order chi connectivity index (χ0) is 11.8. The minimum Gasteiger partial charge on any atom is -0.469 e. The average Bonchev–Trinajstić information content (AvgIpc) is 2.29. The maximum Gasteiger partial charge on any atom is 0.313 e. The second-order valence-electron chi connectivity index (χ2n) is 4.53. The number of methoxy groups -OCH3 is 2. The van der Waals surface area contributed by atoms with Gasteiger partial charge in [0.25, 0.3) is 0 Å². The van der Waals surface area contributed by atoms with E-state index in [0.29, 0.717) is 25.7 Å². The SMILES string of the molecule is COC(=O)[C@]12CC=CC[C@]1(C(=O)OC)CC2. The van der Waals surface area contributed by atoms with Crippen molar-refractivity contribution in [2.24, 2.45) is 10.8 Å². The Morgan fingerprint density at radius 1 is 0.938 bits per heavy atom. The maximum absolute atomic E-state index is 11.9. The number of carbonyl (C=O) groups excluding carboxylic acids is 2. The van der Waals surface area contributed by atoms with Crippen molar-refractivity contribution >= 4 is 11.9 Å². The lowest BCUT2D eigenvalue weighted by molar-refractivity contribution is -0.197. The van der Waals surface area contributed by atoms with Gasteiger partial charge in [0, 0.05) is 0 Å². The van der Waals surface area contributed by atoms with Gasteiger partial charge >= 0.3 is 11.9 Å². The third kappa shape index (κ3) is 1.10. The van der Waals surface area contributed by atoms with E-state index < -0.39 is 10.8 Å². The summed E-state index contributed by atoms with van der Waals surface area (Å²) in [4.78, 5) is 23.8. The van der Waals surface area contributed by atoms with Crippen LogP contribution >= 0.6 is 0 Å². The fourth-order valence-corrected chi connectivity index (χ4v) is 3.04. The van der Waals surface area contributed by atoms with Crippen molar-refractivity contribution in [1.82, 2.24) is 0 Å². The number of carbonyl (C=O) groups is 2. The van der Waals surface area contributed by atoms with Crippen LogP contribution in [0.2, 0.25) is 0 Å². The van der Waals surface area contributed by atoms with Crippen LogP contribution in [0.15, 0.2) is 12.2 Å². The second-order valence-corrected chi connectivity index (χ2v) is 4.53. The van der Waals surface area contributed by atoms with Crippen LogP contribution in [0.5, 0.6) is 0 Å². The van der Waals surface area contributed by atoms with Crippen LogP contribution < -0.4 is 0 Å². The van der Waals surface area contributed by atoms with E-state index in [4.69, 9.17) is 9.47 Å². The van der Waals surface area contributed by atoms with Crippen LogP contribution in [-0.2, 0) is 19.1 Å². The van der Waals surface area contributed by atoms with Gasteiger partial charge < -0.3 is 9.47 Å². The Morgan fingerprint density at radius 3 is 1.56 bits per heavy atom. The molecule has 16 heavy (non-hydrogen) atoms. The van der Waals surface area contributed by atoms with Crippen molar-refractivity contribution in [2.45, 2.75) is 25.7 Å². The van der Waals surface area contributed by atoms with Crippen LogP contribution in [0.4, 0.5) is 0 Å². The van der Waals surface area contributed by atoms with Gasteiger partial charge in [-0.3, -0.25) is 9.59 Å². The molecule has 4 nitrogen and oxygen atoms in total. The zero-order valence-corrected chi connectivity index (χ0v) is 9.62. The van der Waals surface area contributed by atoms with Gasteiger partial charge in [0.05, 0.1) is 25.0 Å². The van der Waals surface area contributed by atoms with Crippen LogP contribution in [-0.4, -0.2) is 26.2 Å². The monoisotopic (exact) mass is 224 g/mol. The molecule has 0 aromatic carbocycles. The van der Waals surface area contributed by atoms with E-state index in [1.165, 1.54) is 14.2 Å². The molecular weight excluding hydrogens is 208 g/mol. The van der Waals surface area contributed by atoms with Crippen molar-refractivity contribution in [3.05, 3.63) is 12.2 Å². The summed E-state index contributed by atoms with van der Waals surface area (Å²) < 4.78 is 9.71. The van der Waals surface area contributed by atoms with E-state index in [0.717, 1.165) is 0 Å². The number of fused-ring (bicyclic) bond motifs is 1. The Kier molecular flexibility index (Phi) is 2.52. The van der Waals surface area contributed by atoms with Gasteiger partial charge in [-0.1, -0.05) is 12.2 Å². The fourth-order valence-electron chi connectivity index (χ4n) is 3.04. The second kappa shape index (κ2) is 3.61. The molecule has 2 aliphatic carbocycles. The van der Waals surface area contributed by atoms with Gasteiger partial charge in [-0.05, 0) is 25.7 Å². The molecule has 0 amide bonds. The molecule has 0 bridgehead atoms. The minimum absolute atomic E-state index is 0.284. The lowest BCUT2D eigenvalue weighted by atomic mass is 9.45. The average molecular weight is 224 g/mol. The van der Waals surface area contributed by atoms with E-state index >= 15 is 0 Å². The standard InChI is InChI=1S/C12H16O4/c1-15-9(13)11-5-3-4-6-12(11,8-7-11)10(14)16-2/h3-4H,5-8H2,1-2H3/t11-,12-/m1/s1. The number of hydrogen-bond donors (Lipinski definition) is 0. The van der Waals surface area contributed by atoms with Gasteiger partial charge in [-0.2, -0.15) is 0 Å². The van der Waals surface area contributed by atoms with Gasteiger partial charge in [0.2, 0.25) is 0 Å². The van der Waals surface area contributed by atoms with Crippen LogP contribution in [0.3, 0.4) is 0 Å². The third-order valence-corrected chi connectivity index (χ3v) is 4.15. The highest BCUT2D eigenvalue weighted by atomic mass is 16.5. The Balaban J connectivity index is 2.40. The molecule has 0 saturated heterocycles. The first kappa shape index (κ1) is 11.2. The summed E-state index contributed by atoms with van der Waals surface area (Å²) in [5.74, 6) is -0.568. The number of ether oxygens (including phenoxy) is 2. The van der Waals surface area contributed by atoms with Crippen LogP contribution in [0.1, 0.15) is 25.7 Å². The predicted octanol–water partition coefficient (Wildman–Crippen LogP) is 1.45. The highest BCUT2D eigenvalue weighted by Gasteiger charge is 2.68. The normalized spacial score (nSPS) is 35.9. The molecule has 0 radical (unpaired) electrons. The molecule has 1 saturated carbocycles. The number of rotatable bonds is 2. The molecular formula is C12H16O4. The smallest absolute Gasteiger partial charge is 0.313 e. The van der Waals surface area contributed by atoms with Crippen molar-refractivity contribution in [3.63, 3.8) is 0 Å². The Morgan fingerprint density at radius 2 is 1.31 bits per heavy atom. The highest BCUT2D eigenvalue weighted by molar-refractivity contribution is 5.91. The summed E-state index contributed by atoms with van der Waals surface area (Å²) in [5.41, 5.74) is -1.35. The molecule has 0 aromatic heterocycles. The van der Waals surface area contributed by atoms with E-state index in [1.807, 2.05) is 12.2 Å². The molecule has 2 rings (SSSR count). The first-order chi connectivity index (χ1) is 7.63. The van der Waals surface area contributed by atoms with Crippen molar-refractivity contribution in [2.75, 3.05) is 14.2 Å². The predicted molar refractivity (Wildman–Crippen MR) is 56.5 cm³/mol. The summed E-state index contributed by atoms with van der Waals surface area (Å²) in [7, 11) is 2.74. The van der Waals surface area contributed by atoms with Gasteiger partial charge in [0.1, 0.15) is 0 Å². The van der Waals surface area contributed by atoms with Crippen molar-refractivity contribution in [3.8, 4) is 0 Å². The van der Waals surface area contributed by atoms with Crippen LogP contribution in [0.25, 0.3) is 0 Å². The Bertz CT molecular complexity index is 326. The number of esters is 2. The molecule has 88 valence electrons. The lowest BCUT2D eigenvalue weighted by Gasteiger charge is -2.56. The molecule has 0 N–H and O–H groups in total. The number of allylic oxidation sites excluding steroid dienone is 2. The molecule has 0 unspecified atom stereocenters. The van der Waals surface area contributed by atoms with Gasteiger partial charge in [-0.25, -0.2) is 0 Å². The first-order valence-corrected chi connectivity index (χ1v) is 5.45. The maximum atomic E-state index is 11.9. The molecule has 2 atom stereocenters. The summed E-state index contributed by atoms with van der Waals surface area (Å²) in [6, 6.07) is 0. The van der Waals surface area contributed by atoms with E-state index in [2.05, 4.69) is 0 Å². The summed E-state index contributed by atoms with van der Waals surface area (Å²) in [6.45, 7) is 0. The van der Waals surface area contributed by atoms with Crippen molar-refractivity contribution < 1.29 is 19.1 Å². The Hall–Kier alpha value is -1.32. The van der Waals surface area contributed by atoms with Gasteiger partial charge in [-0.15, -0.1) is 0 Å². The molecule has 0 spiro atoms. The topological polar surface area (TPSA) is 52.6 Å². The summed E-state index contributed by atoms with van der Waals surface area (Å²) >= 11 is 0. The van der Waals surface area contributed by atoms with E-state index in [9.17, 15) is 9.59 Å². The third-order valence-electron chi connectivity index (χ3n) is 4.15. The summed E-state index contributed by atoms with van der Waals surface area (Å²) in [6.07, 6.45) is 6.48. The molecule has 1 fully saturated rings.